The molecule has 0 aliphatic rings. The molecule has 124 valence electrons. The zero-order valence-corrected chi connectivity index (χ0v) is 14.2. The van der Waals surface area contributed by atoms with Gasteiger partial charge in [-0.25, -0.2) is 4.98 Å². The number of benzene rings is 2. The Kier molecular flexibility index (Phi) is 4.17. The first-order valence-electron chi connectivity index (χ1n) is 8.00. The number of aliphatic hydroxyl groups excluding tert-OH is 1. The number of fused-ring (bicyclic) bond motifs is 1. The fraction of sp³-hybridized carbons (Fsp3) is 0.100. The van der Waals surface area contributed by atoms with Gasteiger partial charge in [0.2, 0.25) is 0 Å². The highest BCUT2D eigenvalue weighted by atomic mass is 32.1. The summed E-state index contributed by atoms with van der Waals surface area (Å²) in [5.41, 5.74) is 2.89. The minimum Gasteiger partial charge on any atom is -0.392 e. The SMILES string of the molecule is O=c1[nH]c(Cc2ccc(CO)cc2)nc2sc(-c3ccccc3)cc12. The Morgan fingerprint density at radius 1 is 1.00 bits per heavy atom. The molecule has 0 saturated carbocycles. The number of hydrogen-bond acceptors (Lipinski definition) is 4. The molecule has 0 unspecified atom stereocenters. The Balaban J connectivity index is 1.70. The van der Waals surface area contributed by atoms with Crippen molar-refractivity contribution in [2.24, 2.45) is 0 Å². The van der Waals surface area contributed by atoms with E-state index < -0.39 is 0 Å². The van der Waals surface area contributed by atoms with Crippen molar-refractivity contribution < 1.29 is 5.11 Å². The van der Waals surface area contributed by atoms with Crippen LogP contribution in [0.1, 0.15) is 17.0 Å². The van der Waals surface area contributed by atoms with E-state index in [4.69, 9.17) is 5.11 Å². The summed E-state index contributed by atoms with van der Waals surface area (Å²) < 4.78 is 0. The standard InChI is InChI=1S/C20H16N2O2S/c23-12-14-8-6-13(7-9-14)10-18-21-19(24)16-11-17(25-20(16)22-18)15-4-2-1-3-5-15/h1-9,11,23H,10,12H2,(H,21,22,24). The van der Waals surface area contributed by atoms with Crippen LogP contribution in [0.2, 0.25) is 0 Å². The number of nitrogens with one attached hydrogen (secondary N) is 1. The van der Waals surface area contributed by atoms with Crippen molar-refractivity contribution in [1.29, 1.82) is 0 Å². The van der Waals surface area contributed by atoms with Crippen molar-refractivity contribution in [3.8, 4) is 10.4 Å². The van der Waals surface area contributed by atoms with Crippen LogP contribution in [-0.2, 0) is 13.0 Å². The zero-order valence-electron chi connectivity index (χ0n) is 13.4. The van der Waals surface area contributed by atoms with E-state index >= 15 is 0 Å². The molecule has 0 atom stereocenters. The molecule has 0 aliphatic carbocycles. The smallest absolute Gasteiger partial charge is 0.259 e. The Bertz CT molecular complexity index is 1070. The van der Waals surface area contributed by atoms with E-state index in [0.717, 1.165) is 26.4 Å². The molecule has 0 aliphatic heterocycles. The normalized spacial score (nSPS) is 11.1. The first-order valence-corrected chi connectivity index (χ1v) is 8.81. The summed E-state index contributed by atoms with van der Waals surface area (Å²) in [5, 5.41) is 9.74. The summed E-state index contributed by atoms with van der Waals surface area (Å²) in [4.78, 5) is 21.7. The van der Waals surface area contributed by atoms with Crippen LogP contribution in [0.3, 0.4) is 0 Å². The van der Waals surface area contributed by atoms with Crippen molar-refractivity contribution in [2.75, 3.05) is 0 Å². The highest BCUT2D eigenvalue weighted by Crippen LogP contribution is 2.30. The Morgan fingerprint density at radius 3 is 2.44 bits per heavy atom. The van der Waals surface area contributed by atoms with Crippen LogP contribution in [0, 0.1) is 0 Å². The van der Waals surface area contributed by atoms with E-state index in [0.29, 0.717) is 17.6 Å². The fourth-order valence-corrected chi connectivity index (χ4v) is 3.82. The molecule has 4 rings (SSSR count). The lowest BCUT2D eigenvalue weighted by Crippen LogP contribution is -2.10. The molecule has 2 aromatic carbocycles. The van der Waals surface area contributed by atoms with Gasteiger partial charge >= 0.3 is 0 Å². The molecular weight excluding hydrogens is 332 g/mol. The first kappa shape index (κ1) is 15.7. The molecule has 4 aromatic rings. The average Bonchev–Trinajstić information content (AvgIpc) is 3.08. The molecule has 2 aromatic heterocycles. The summed E-state index contributed by atoms with van der Waals surface area (Å²) in [6.07, 6.45) is 0.551. The summed E-state index contributed by atoms with van der Waals surface area (Å²) in [6.45, 7) is 0.0266. The second kappa shape index (κ2) is 6.63. The van der Waals surface area contributed by atoms with Gasteiger partial charge in [0, 0.05) is 11.3 Å². The third kappa shape index (κ3) is 3.24. The van der Waals surface area contributed by atoms with Gasteiger partial charge in [-0.1, -0.05) is 54.6 Å². The molecule has 5 heteroatoms. The molecule has 0 fully saturated rings. The van der Waals surface area contributed by atoms with Gasteiger partial charge in [0.05, 0.1) is 12.0 Å². The maximum absolute atomic E-state index is 12.4. The Morgan fingerprint density at radius 2 is 1.72 bits per heavy atom. The van der Waals surface area contributed by atoms with Crippen LogP contribution in [0.5, 0.6) is 0 Å². The van der Waals surface area contributed by atoms with Crippen molar-refractivity contribution in [3.63, 3.8) is 0 Å². The van der Waals surface area contributed by atoms with Crippen LogP contribution >= 0.6 is 11.3 Å². The van der Waals surface area contributed by atoms with Gasteiger partial charge in [0.25, 0.3) is 5.56 Å². The maximum Gasteiger partial charge on any atom is 0.259 e. The summed E-state index contributed by atoms with van der Waals surface area (Å²) in [7, 11) is 0. The number of hydrogen-bond donors (Lipinski definition) is 2. The lowest BCUT2D eigenvalue weighted by molar-refractivity contribution is 0.282. The van der Waals surface area contributed by atoms with E-state index in [1.165, 1.54) is 11.3 Å². The van der Waals surface area contributed by atoms with Gasteiger partial charge in [-0.3, -0.25) is 4.79 Å². The van der Waals surface area contributed by atoms with Gasteiger partial charge in [-0.15, -0.1) is 11.3 Å². The van der Waals surface area contributed by atoms with Crippen molar-refractivity contribution >= 4 is 21.6 Å². The largest absolute Gasteiger partial charge is 0.392 e. The zero-order chi connectivity index (χ0) is 17.2. The van der Waals surface area contributed by atoms with Crippen LogP contribution in [0.25, 0.3) is 20.7 Å². The maximum atomic E-state index is 12.4. The van der Waals surface area contributed by atoms with Gasteiger partial charge in [0.1, 0.15) is 10.7 Å². The second-order valence-electron chi connectivity index (χ2n) is 5.86. The Hall–Kier alpha value is -2.76. The minimum absolute atomic E-state index is 0.0266. The number of thiophene rings is 1. The van der Waals surface area contributed by atoms with Gasteiger partial charge < -0.3 is 10.1 Å². The molecule has 0 amide bonds. The second-order valence-corrected chi connectivity index (χ2v) is 6.89. The van der Waals surface area contributed by atoms with E-state index in [2.05, 4.69) is 9.97 Å². The summed E-state index contributed by atoms with van der Waals surface area (Å²) in [6, 6.07) is 19.6. The third-order valence-corrected chi connectivity index (χ3v) is 5.16. The Labute approximate surface area is 148 Å². The molecule has 0 saturated heterocycles. The van der Waals surface area contributed by atoms with Crippen molar-refractivity contribution in [1.82, 2.24) is 9.97 Å². The van der Waals surface area contributed by atoms with Crippen LogP contribution in [0.4, 0.5) is 0 Å². The molecule has 2 heterocycles. The van der Waals surface area contributed by atoms with Crippen molar-refractivity contribution in [3.05, 3.63) is 88.0 Å². The topological polar surface area (TPSA) is 66.0 Å². The summed E-state index contributed by atoms with van der Waals surface area (Å²) >= 11 is 1.53. The molecular formula is C20H16N2O2S. The molecule has 2 N–H and O–H groups in total. The quantitative estimate of drug-likeness (QED) is 0.590. The highest BCUT2D eigenvalue weighted by molar-refractivity contribution is 7.21. The third-order valence-electron chi connectivity index (χ3n) is 4.09. The number of H-pyrrole nitrogens is 1. The fourth-order valence-electron chi connectivity index (χ4n) is 2.76. The van der Waals surface area contributed by atoms with E-state index in [1.807, 2.05) is 60.7 Å². The average molecular weight is 348 g/mol. The summed E-state index contributed by atoms with van der Waals surface area (Å²) in [5.74, 6) is 0.649. The monoisotopic (exact) mass is 348 g/mol. The van der Waals surface area contributed by atoms with Gasteiger partial charge in [-0.2, -0.15) is 0 Å². The molecule has 4 nitrogen and oxygen atoms in total. The van der Waals surface area contributed by atoms with E-state index in [9.17, 15) is 4.79 Å². The number of aromatic amines is 1. The predicted octanol–water partition coefficient (Wildman–Crippen LogP) is 3.73. The lowest BCUT2D eigenvalue weighted by atomic mass is 10.1. The number of aromatic nitrogens is 2. The highest BCUT2D eigenvalue weighted by Gasteiger charge is 2.10. The molecule has 0 bridgehead atoms. The first-order chi connectivity index (χ1) is 12.2. The number of aliphatic hydroxyl groups is 1. The number of nitrogens with zero attached hydrogens (tertiary/aromatic N) is 1. The predicted molar refractivity (Wildman–Crippen MR) is 101 cm³/mol. The van der Waals surface area contributed by atoms with Gasteiger partial charge in [0.15, 0.2) is 0 Å². The molecule has 0 radical (unpaired) electrons. The number of rotatable bonds is 4. The van der Waals surface area contributed by atoms with Crippen molar-refractivity contribution in [2.45, 2.75) is 13.0 Å². The molecule has 25 heavy (non-hydrogen) atoms. The lowest BCUT2D eigenvalue weighted by Gasteiger charge is -2.02. The van der Waals surface area contributed by atoms with Crippen LogP contribution in [-0.4, -0.2) is 15.1 Å². The van der Waals surface area contributed by atoms with Crippen LogP contribution < -0.4 is 5.56 Å². The van der Waals surface area contributed by atoms with Gasteiger partial charge in [-0.05, 0) is 22.8 Å². The molecule has 0 spiro atoms. The van der Waals surface area contributed by atoms with E-state index in [-0.39, 0.29) is 12.2 Å². The van der Waals surface area contributed by atoms with E-state index in [1.54, 1.807) is 0 Å². The minimum atomic E-state index is -0.106. The van der Waals surface area contributed by atoms with Crippen LogP contribution in [0.15, 0.2) is 65.5 Å².